The maximum absolute atomic E-state index is 12.8. The first kappa shape index (κ1) is 29.6. The number of fused-ring (bicyclic) bond motifs is 1. The molecule has 3 heterocycles. The second-order valence-corrected chi connectivity index (χ2v) is 9.67. The Morgan fingerprint density at radius 1 is 0.884 bits per heavy atom. The Balaban J connectivity index is 1.02. The number of benzene rings is 2. The van der Waals surface area contributed by atoms with Gasteiger partial charge in [0.05, 0.1) is 36.4 Å². The Hall–Kier alpha value is -4.89. The maximum Gasteiger partial charge on any atom is 0.573 e. The first-order chi connectivity index (χ1) is 20.8. The van der Waals surface area contributed by atoms with Crippen molar-refractivity contribution >= 4 is 33.8 Å². The summed E-state index contributed by atoms with van der Waals surface area (Å²) in [6.07, 6.45) is 3.44. The van der Waals surface area contributed by atoms with Gasteiger partial charge in [0.25, 0.3) is 0 Å². The summed E-state index contributed by atoms with van der Waals surface area (Å²) < 4.78 is 48.4. The molecule has 226 valence electrons. The second-order valence-electron chi connectivity index (χ2n) is 9.67. The number of nitrogen functional groups attached to an aromatic ring is 1. The van der Waals surface area contributed by atoms with Gasteiger partial charge in [-0.3, -0.25) is 10.2 Å². The van der Waals surface area contributed by atoms with Crippen molar-refractivity contribution in [1.82, 2.24) is 35.9 Å². The van der Waals surface area contributed by atoms with Crippen molar-refractivity contribution in [2.45, 2.75) is 25.7 Å². The minimum atomic E-state index is -4.78. The summed E-state index contributed by atoms with van der Waals surface area (Å²) in [6.45, 7) is 2.75. The lowest BCUT2D eigenvalue weighted by Crippen LogP contribution is -2.18. The topological polar surface area (TPSA) is 164 Å². The highest BCUT2D eigenvalue weighted by Crippen LogP contribution is 2.30. The Labute approximate surface area is 244 Å². The maximum atomic E-state index is 12.8. The van der Waals surface area contributed by atoms with Crippen LogP contribution in [0.25, 0.3) is 22.0 Å². The summed E-state index contributed by atoms with van der Waals surface area (Å²) in [5.41, 5.74) is 11.1. The van der Waals surface area contributed by atoms with Crippen LogP contribution in [0, 0.1) is 0 Å². The van der Waals surface area contributed by atoms with E-state index in [9.17, 15) is 13.2 Å². The first-order valence-electron chi connectivity index (χ1n) is 13.6. The molecule has 0 amide bonds. The molecule has 0 aliphatic heterocycles. The summed E-state index contributed by atoms with van der Waals surface area (Å²) in [6, 6.07) is 10.2. The van der Waals surface area contributed by atoms with E-state index < -0.39 is 6.36 Å². The molecule has 0 atom stereocenters. The molecular weight excluding hydrogens is 565 g/mol. The van der Waals surface area contributed by atoms with Crippen LogP contribution in [0.3, 0.4) is 0 Å². The van der Waals surface area contributed by atoms with Crippen molar-refractivity contribution in [2.24, 2.45) is 0 Å². The number of nitrogens with two attached hydrogens (primary N) is 1. The molecule has 7 N–H and O–H groups in total. The average molecular weight is 597 g/mol. The van der Waals surface area contributed by atoms with Crippen molar-refractivity contribution in [1.29, 1.82) is 0 Å². The van der Waals surface area contributed by atoms with E-state index in [-0.39, 0.29) is 5.75 Å². The Morgan fingerprint density at radius 2 is 1.79 bits per heavy atom. The van der Waals surface area contributed by atoms with E-state index in [0.717, 1.165) is 40.6 Å². The Bertz CT molecular complexity index is 1610. The van der Waals surface area contributed by atoms with E-state index in [1.54, 1.807) is 30.7 Å². The van der Waals surface area contributed by atoms with Gasteiger partial charge in [-0.1, -0.05) is 0 Å². The van der Waals surface area contributed by atoms with Crippen LogP contribution in [0.1, 0.15) is 18.4 Å². The number of aromatic nitrogens is 6. The van der Waals surface area contributed by atoms with E-state index in [2.05, 4.69) is 51.3 Å². The summed E-state index contributed by atoms with van der Waals surface area (Å²) in [7, 11) is 0. The van der Waals surface area contributed by atoms with Gasteiger partial charge in [-0.15, -0.1) is 18.3 Å². The normalized spacial score (nSPS) is 11.6. The molecule has 0 fully saturated rings. The SMILES string of the molecule is Nc1cc(-c2cc(NCCOCCCCNCc3cc(Nc4cn[nH]c4)cc(OC(F)(F)F)c3)c3cn[nH]c3c2)cnn1. The van der Waals surface area contributed by atoms with Crippen molar-refractivity contribution in [2.75, 3.05) is 42.7 Å². The summed E-state index contributed by atoms with van der Waals surface area (Å²) in [5, 5.41) is 32.0. The molecular formula is C28H31F3N10O2. The minimum absolute atomic E-state index is 0.292. The fraction of sp³-hybridized carbons (Fsp3) is 0.286. The third kappa shape index (κ3) is 8.80. The first-order valence-corrected chi connectivity index (χ1v) is 13.6. The van der Waals surface area contributed by atoms with Crippen LogP contribution in [-0.2, 0) is 11.3 Å². The average Bonchev–Trinajstić information content (AvgIpc) is 3.65. The fourth-order valence-electron chi connectivity index (χ4n) is 4.47. The lowest BCUT2D eigenvalue weighted by atomic mass is 10.0. The van der Waals surface area contributed by atoms with Gasteiger partial charge in [-0.25, -0.2) is 0 Å². The van der Waals surface area contributed by atoms with Crippen LogP contribution in [0.4, 0.5) is 36.1 Å². The molecule has 0 bridgehead atoms. The van der Waals surface area contributed by atoms with E-state index >= 15 is 0 Å². The lowest BCUT2D eigenvalue weighted by Gasteiger charge is -2.14. The number of ether oxygens (including phenoxy) is 2. The van der Waals surface area contributed by atoms with Crippen LogP contribution in [-0.4, -0.2) is 63.3 Å². The molecule has 0 aliphatic carbocycles. The monoisotopic (exact) mass is 596 g/mol. The van der Waals surface area contributed by atoms with Gasteiger partial charge in [0.2, 0.25) is 0 Å². The number of nitrogens with one attached hydrogen (secondary N) is 5. The van der Waals surface area contributed by atoms with Gasteiger partial charge < -0.3 is 31.2 Å². The number of nitrogens with zero attached hydrogens (tertiary/aromatic N) is 4. The van der Waals surface area contributed by atoms with E-state index in [0.29, 0.717) is 55.6 Å². The van der Waals surface area contributed by atoms with Gasteiger partial charge in [0.1, 0.15) is 11.6 Å². The number of unbranched alkanes of at least 4 members (excludes halogenated alkanes) is 1. The van der Waals surface area contributed by atoms with Crippen molar-refractivity contribution < 1.29 is 22.6 Å². The van der Waals surface area contributed by atoms with Gasteiger partial charge in [-0.05, 0) is 60.8 Å². The molecule has 0 aliphatic rings. The molecule has 12 nitrogen and oxygen atoms in total. The van der Waals surface area contributed by atoms with Crippen molar-refractivity contribution in [3.63, 3.8) is 0 Å². The van der Waals surface area contributed by atoms with Crippen LogP contribution < -0.4 is 26.4 Å². The molecule has 15 heteroatoms. The highest BCUT2D eigenvalue weighted by Gasteiger charge is 2.31. The van der Waals surface area contributed by atoms with Gasteiger partial charge >= 0.3 is 6.36 Å². The largest absolute Gasteiger partial charge is 0.573 e. The predicted molar refractivity (Wildman–Crippen MR) is 157 cm³/mol. The van der Waals surface area contributed by atoms with Crippen LogP contribution in [0.15, 0.2) is 61.2 Å². The zero-order chi connectivity index (χ0) is 30.1. The molecule has 0 spiro atoms. The molecule has 3 aromatic heterocycles. The third-order valence-electron chi connectivity index (χ3n) is 6.34. The fourth-order valence-corrected chi connectivity index (χ4v) is 4.47. The predicted octanol–water partition coefficient (Wildman–Crippen LogP) is 4.97. The van der Waals surface area contributed by atoms with Crippen LogP contribution in [0.5, 0.6) is 5.75 Å². The van der Waals surface area contributed by atoms with Crippen molar-refractivity contribution in [3.8, 4) is 16.9 Å². The molecule has 0 saturated heterocycles. The number of aromatic amines is 2. The molecule has 43 heavy (non-hydrogen) atoms. The summed E-state index contributed by atoms with van der Waals surface area (Å²) >= 11 is 0. The standard InChI is InChI=1S/C28H31F3N10O2/c29-28(30,31)43-23-8-18(7-21(12-23)39-22-15-35-36-16-22)13-33-3-1-2-5-42-6-4-34-25-9-19(10-26-24(25)17-38-40-26)20-11-27(32)41-37-14-20/h7-12,14-17,33-34,39H,1-6,13H2,(H2,32,41)(H,35,36)(H,38,40). The zero-order valence-electron chi connectivity index (χ0n) is 23.0. The zero-order valence-corrected chi connectivity index (χ0v) is 23.0. The number of anilines is 4. The highest BCUT2D eigenvalue weighted by atomic mass is 19.4. The molecule has 0 saturated carbocycles. The molecule has 5 aromatic rings. The number of rotatable bonds is 15. The minimum Gasteiger partial charge on any atom is -0.406 e. The molecule has 0 unspecified atom stereocenters. The number of H-pyrrole nitrogens is 2. The van der Waals surface area contributed by atoms with Gasteiger partial charge in [-0.2, -0.15) is 15.3 Å². The van der Waals surface area contributed by atoms with Gasteiger partial charge in [0, 0.05) is 54.3 Å². The van der Waals surface area contributed by atoms with E-state index in [1.165, 1.54) is 18.3 Å². The number of hydrogen-bond donors (Lipinski definition) is 6. The molecule has 2 aromatic carbocycles. The smallest absolute Gasteiger partial charge is 0.406 e. The van der Waals surface area contributed by atoms with Crippen LogP contribution >= 0.6 is 0 Å². The van der Waals surface area contributed by atoms with E-state index in [1.807, 2.05) is 12.1 Å². The molecule has 5 rings (SSSR count). The lowest BCUT2D eigenvalue weighted by molar-refractivity contribution is -0.274. The summed E-state index contributed by atoms with van der Waals surface area (Å²) in [5.74, 6) is 0.0528. The van der Waals surface area contributed by atoms with E-state index in [4.69, 9.17) is 10.5 Å². The third-order valence-corrected chi connectivity index (χ3v) is 6.34. The van der Waals surface area contributed by atoms with Crippen molar-refractivity contribution in [3.05, 3.63) is 66.7 Å². The molecule has 0 radical (unpaired) electrons. The quantitative estimate of drug-likeness (QED) is 0.0910. The highest BCUT2D eigenvalue weighted by molar-refractivity contribution is 5.95. The number of hydrogen-bond acceptors (Lipinski definition) is 10. The summed E-state index contributed by atoms with van der Waals surface area (Å²) in [4.78, 5) is 0. The van der Waals surface area contributed by atoms with Gasteiger partial charge in [0.15, 0.2) is 0 Å². The number of alkyl halides is 3. The Morgan fingerprint density at radius 3 is 2.60 bits per heavy atom. The number of halogens is 3. The Kier molecular flexibility index (Phi) is 9.53. The second kappa shape index (κ2) is 13.8. The van der Waals surface area contributed by atoms with Crippen LogP contribution in [0.2, 0.25) is 0 Å².